The number of rotatable bonds is 4. The molecule has 0 heterocycles. The zero-order chi connectivity index (χ0) is 22.1. The molecule has 7 heteroatoms. The number of carboxylic acids is 1. The minimum atomic E-state index is -1.96. The summed E-state index contributed by atoms with van der Waals surface area (Å²) < 4.78 is 0. The van der Waals surface area contributed by atoms with E-state index in [9.17, 15) is 34.5 Å². The molecule has 0 bridgehead atoms. The lowest BCUT2D eigenvalue weighted by Crippen LogP contribution is -2.61. The average Bonchev–Trinajstić information content (AvgIpc) is 2.92. The Labute approximate surface area is 174 Å². The molecule has 30 heavy (non-hydrogen) atoms. The third kappa shape index (κ3) is 2.71. The zero-order valence-corrected chi connectivity index (χ0v) is 17.2. The fourth-order valence-electron chi connectivity index (χ4n) is 6.96. The maximum absolute atomic E-state index is 13.4. The summed E-state index contributed by atoms with van der Waals surface area (Å²) in [5.74, 6) is -3.15. The molecule has 0 amide bonds. The van der Waals surface area contributed by atoms with Crippen LogP contribution >= 0.6 is 0 Å². The van der Waals surface area contributed by atoms with Crippen LogP contribution in [0.25, 0.3) is 0 Å². The van der Waals surface area contributed by atoms with Crippen LogP contribution in [0.3, 0.4) is 0 Å². The molecule has 2 N–H and O–H groups in total. The molecule has 3 fully saturated rings. The first-order valence-corrected chi connectivity index (χ1v) is 10.6. The van der Waals surface area contributed by atoms with Crippen LogP contribution in [0.4, 0.5) is 0 Å². The number of fused-ring (bicyclic) bond motifs is 5. The van der Waals surface area contributed by atoms with Gasteiger partial charge in [0, 0.05) is 35.6 Å². The number of aliphatic hydroxyl groups is 2. The molecule has 0 spiro atoms. The predicted octanol–water partition coefficient (Wildman–Crippen LogP) is 0.274. The third-order valence-electron chi connectivity index (χ3n) is 8.48. The van der Waals surface area contributed by atoms with Crippen molar-refractivity contribution in [3.8, 4) is 0 Å². The molecule has 0 aliphatic heterocycles. The van der Waals surface area contributed by atoms with Gasteiger partial charge in [-0.05, 0) is 49.7 Å². The van der Waals surface area contributed by atoms with Crippen LogP contribution in [0.5, 0.6) is 0 Å². The second-order valence-corrected chi connectivity index (χ2v) is 9.89. The highest BCUT2D eigenvalue weighted by Gasteiger charge is 2.68. The summed E-state index contributed by atoms with van der Waals surface area (Å²) in [7, 11) is 0. The number of carbonyl (C=O) groups excluding carboxylic acids is 4. The van der Waals surface area contributed by atoms with Crippen molar-refractivity contribution in [1.29, 1.82) is 0 Å². The highest BCUT2D eigenvalue weighted by molar-refractivity contribution is 6.02. The molecule has 4 aliphatic rings. The van der Waals surface area contributed by atoms with Gasteiger partial charge in [-0.25, -0.2) is 0 Å². The van der Waals surface area contributed by atoms with Crippen molar-refractivity contribution in [3.63, 3.8) is 0 Å². The van der Waals surface area contributed by atoms with Crippen LogP contribution in [0.2, 0.25) is 0 Å². The first-order valence-electron chi connectivity index (χ1n) is 10.6. The molecule has 4 aliphatic carbocycles. The van der Waals surface area contributed by atoms with E-state index in [0.717, 1.165) is 5.57 Å². The Balaban J connectivity index is 1.69. The van der Waals surface area contributed by atoms with Crippen molar-refractivity contribution >= 4 is 23.3 Å². The van der Waals surface area contributed by atoms with Crippen LogP contribution in [0.1, 0.15) is 52.4 Å². The lowest BCUT2D eigenvalue weighted by molar-refractivity contribution is -0.307. The molecule has 0 radical (unpaired) electrons. The number of ketones is 3. The number of hydrogen-bond acceptors (Lipinski definition) is 7. The first-order chi connectivity index (χ1) is 13.9. The van der Waals surface area contributed by atoms with Gasteiger partial charge in [-0.2, -0.15) is 0 Å². The summed E-state index contributed by atoms with van der Waals surface area (Å²) in [6.45, 7) is 3.70. The summed E-state index contributed by atoms with van der Waals surface area (Å²) >= 11 is 0. The molecule has 0 aromatic heterocycles. The molecule has 1 unspecified atom stereocenters. The highest BCUT2D eigenvalue weighted by Crippen LogP contribution is 2.66. The van der Waals surface area contributed by atoms with Crippen LogP contribution in [0, 0.1) is 28.6 Å². The predicted molar refractivity (Wildman–Crippen MR) is 103 cm³/mol. The van der Waals surface area contributed by atoms with Crippen LogP contribution < -0.4 is 5.11 Å². The Hall–Kier alpha value is -2.12. The Bertz CT molecular complexity index is 901. The Kier molecular flexibility index (Phi) is 4.71. The van der Waals surface area contributed by atoms with Crippen molar-refractivity contribution in [2.45, 2.75) is 64.1 Å². The van der Waals surface area contributed by atoms with E-state index < -0.39 is 40.7 Å². The van der Waals surface area contributed by atoms with Crippen molar-refractivity contribution < 1.29 is 34.5 Å². The lowest BCUT2D eigenvalue weighted by atomic mass is 9.46. The quantitative estimate of drug-likeness (QED) is 0.674. The Morgan fingerprint density at radius 3 is 2.63 bits per heavy atom. The van der Waals surface area contributed by atoms with Gasteiger partial charge in [0.1, 0.15) is 17.5 Å². The van der Waals surface area contributed by atoms with Crippen LogP contribution in [0.15, 0.2) is 23.8 Å². The number of aliphatic hydroxyl groups excluding tert-OH is 1. The van der Waals surface area contributed by atoms with Gasteiger partial charge < -0.3 is 20.1 Å². The molecule has 4 rings (SSSR count). The van der Waals surface area contributed by atoms with E-state index >= 15 is 0 Å². The molecule has 0 aromatic carbocycles. The number of carbonyl (C=O) groups is 4. The maximum Gasteiger partial charge on any atom is 0.193 e. The largest absolute Gasteiger partial charge is 0.550 e. The van der Waals surface area contributed by atoms with E-state index in [2.05, 4.69) is 0 Å². The molecule has 7 atom stereocenters. The van der Waals surface area contributed by atoms with Crippen molar-refractivity contribution in [2.24, 2.45) is 28.6 Å². The number of hydrogen-bond donors (Lipinski definition) is 2. The summed E-state index contributed by atoms with van der Waals surface area (Å²) in [4.78, 5) is 49.0. The van der Waals surface area contributed by atoms with E-state index in [1.807, 2.05) is 13.0 Å². The van der Waals surface area contributed by atoms with E-state index in [4.69, 9.17) is 0 Å². The zero-order valence-electron chi connectivity index (χ0n) is 17.2. The minimum Gasteiger partial charge on any atom is -0.550 e. The molecule has 0 saturated heterocycles. The van der Waals surface area contributed by atoms with Gasteiger partial charge in [-0.3, -0.25) is 14.4 Å². The molecule has 3 saturated carbocycles. The SMILES string of the molecule is C[C@]12C=CC(=O)C=C1CC[C@@H]1[C@@H]2C(=O)C[C@@]2(C)[C@H]1CC[C@]2(O)C(=O)C(O)CC(=O)[O-]. The summed E-state index contributed by atoms with van der Waals surface area (Å²) in [6.07, 6.45) is 4.16. The normalized spacial score (nSPS) is 43.3. The number of carboxylic acid groups (broad SMARTS) is 1. The van der Waals surface area contributed by atoms with Crippen LogP contribution in [-0.2, 0) is 19.2 Å². The fraction of sp³-hybridized carbons (Fsp3) is 0.652. The molecular weight excluding hydrogens is 388 g/mol. The number of aliphatic carboxylic acids is 1. The van der Waals surface area contributed by atoms with E-state index in [-0.39, 0.29) is 42.2 Å². The Morgan fingerprint density at radius 2 is 1.97 bits per heavy atom. The average molecular weight is 415 g/mol. The number of allylic oxidation sites excluding steroid dienone is 4. The lowest BCUT2D eigenvalue weighted by Gasteiger charge is -2.56. The third-order valence-corrected chi connectivity index (χ3v) is 8.48. The Morgan fingerprint density at radius 1 is 1.27 bits per heavy atom. The number of Topliss-reactive ketones (excluding diaryl/α,β-unsaturated/α-hetero) is 2. The van der Waals surface area contributed by atoms with Gasteiger partial charge in [0.05, 0.1) is 0 Å². The summed E-state index contributed by atoms with van der Waals surface area (Å²) in [5.41, 5.74) is -2.61. The van der Waals surface area contributed by atoms with Gasteiger partial charge in [0.25, 0.3) is 0 Å². The van der Waals surface area contributed by atoms with Crippen LogP contribution in [-0.4, -0.2) is 45.2 Å². The van der Waals surface area contributed by atoms with Gasteiger partial charge in [0.15, 0.2) is 11.6 Å². The molecule has 7 nitrogen and oxygen atoms in total. The van der Waals surface area contributed by atoms with E-state index in [0.29, 0.717) is 19.3 Å². The molecule has 162 valence electrons. The second kappa shape index (κ2) is 6.69. The minimum absolute atomic E-state index is 0.0240. The summed E-state index contributed by atoms with van der Waals surface area (Å²) in [5, 5.41) is 32.3. The van der Waals surface area contributed by atoms with Crippen molar-refractivity contribution in [2.75, 3.05) is 0 Å². The monoisotopic (exact) mass is 415 g/mol. The van der Waals surface area contributed by atoms with Gasteiger partial charge in [-0.1, -0.05) is 25.5 Å². The first kappa shape index (κ1) is 21.1. The van der Waals surface area contributed by atoms with Gasteiger partial charge in [0.2, 0.25) is 0 Å². The summed E-state index contributed by atoms with van der Waals surface area (Å²) in [6, 6.07) is 0. The second-order valence-electron chi connectivity index (χ2n) is 9.89. The van der Waals surface area contributed by atoms with Crippen molar-refractivity contribution in [3.05, 3.63) is 23.8 Å². The van der Waals surface area contributed by atoms with Crippen molar-refractivity contribution in [1.82, 2.24) is 0 Å². The molecule has 0 aromatic rings. The topological polar surface area (TPSA) is 132 Å². The van der Waals surface area contributed by atoms with Gasteiger partial charge in [-0.15, -0.1) is 0 Å². The fourth-order valence-corrected chi connectivity index (χ4v) is 6.96. The standard InChI is InChI=1S/C23H28O7/c1-21-7-5-13(24)9-12(21)3-4-14-15-6-8-23(30,20(29)16(25)10-18(27)28)22(15,2)11-17(26)19(14)21/h5,7,9,14-16,19,25,30H,3-4,6,8,10-11H2,1-2H3,(H,27,28)/p-1/t14-,15-,16?,19+,21-,22-,23-/m0/s1. The molecular formula is C23H27O7-. The van der Waals surface area contributed by atoms with E-state index in [1.54, 1.807) is 13.0 Å². The smallest absolute Gasteiger partial charge is 0.193 e. The van der Waals surface area contributed by atoms with E-state index in [1.165, 1.54) is 6.08 Å². The van der Waals surface area contributed by atoms with Gasteiger partial charge >= 0.3 is 0 Å². The maximum atomic E-state index is 13.4. The highest BCUT2D eigenvalue weighted by atomic mass is 16.4.